The maximum Gasteiger partial charge on any atom is 0.373 e. The van der Waals surface area contributed by atoms with Crippen LogP contribution in [0.5, 0.6) is 11.6 Å². The van der Waals surface area contributed by atoms with E-state index < -0.39 is 22.5 Å². The van der Waals surface area contributed by atoms with E-state index in [9.17, 15) is 19.7 Å². The van der Waals surface area contributed by atoms with Crippen LogP contribution < -0.4 is 10.1 Å². The first kappa shape index (κ1) is 20.2. The number of rotatable bonds is 7. The lowest BCUT2D eigenvalue weighted by Crippen LogP contribution is -2.04. The molecule has 0 radical (unpaired) electrons. The number of benzene rings is 2. The first-order valence-corrected chi connectivity index (χ1v) is 8.35. The van der Waals surface area contributed by atoms with Gasteiger partial charge < -0.3 is 19.9 Å². The van der Waals surface area contributed by atoms with Crippen molar-refractivity contribution in [3.05, 3.63) is 76.1 Å². The monoisotopic (exact) mass is 410 g/mol. The highest BCUT2D eigenvalue weighted by Crippen LogP contribution is 2.35. The number of esters is 1. The summed E-state index contributed by atoms with van der Waals surface area (Å²) < 4.78 is 10.1. The lowest BCUT2D eigenvalue weighted by Gasteiger charge is -2.10. The van der Waals surface area contributed by atoms with Gasteiger partial charge in [0, 0.05) is 5.69 Å². The van der Waals surface area contributed by atoms with Crippen LogP contribution >= 0.6 is 0 Å². The molecular weight excluding hydrogens is 396 g/mol. The minimum absolute atomic E-state index is 0.0668. The number of anilines is 2. The SMILES string of the molecule is COC(=O)c1ccc(Oc2ncnc(Nc3ccc(C(=O)O)cc3)c2[N+](=O)[O-])cc1. The second-order valence-electron chi connectivity index (χ2n) is 5.76. The quantitative estimate of drug-likeness (QED) is 0.336. The second kappa shape index (κ2) is 8.65. The molecule has 3 aromatic rings. The molecule has 1 heterocycles. The lowest BCUT2D eigenvalue weighted by atomic mass is 10.2. The molecule has 0 aliphatic carbocycles. The molecule has 0 saturated carbocycles. The fourth-order valence-corrected chi connectivity index (χ4v) is 2.41. The van der Waals surface area contributed by atoms with E-state index in [0.29, 0.717) is 5.69 Å². The summed E-state index contributed by atoms with van der Waals surface area (Å²) in [6.45, 7) is 0. The Morgan fingerprint density at radius 3 is 2.23 bits per heavy atom. The van der Waals surface area contributed by atoms with E-state index in [1.54, 1.807) is 0 Å². The molecule has 11 nitrogen and oxygen atoms in total. The summed E-state index contributed by atoms with van der Waals surface area (Å²) >= 11 is 0. The van der Waals surface area contributed by atoms with Crippen LogP contribution in [0.3, 0.4) is 0 Å². The highest BCUT2D eigenvalue weighted by atomic mass is 16.6. The van der Waals surface area contributed by atoms with Crippen LogP contribution in [-0.4, -0.2) is 39.0 Å². The molecule has 1 aromatic heterocycles. The molecule has 0 atom stereocenters. The van der Waals surface area contributed by atoms with Gasteiger partial charge in [0.25, 0.3) is 0 Å². The molecule has 0 aliphatic heterocycles. The Morgan fingerprint density at radius 2 is 1.67 bits per heavy atom. The zero-order valence-corrected chi connectivity index (χ0v) is 15.4. The van der Waals surface area contributed by atoms with Gasteiger partial charge in [0.05, 0.1) is 23.2 Å². The van der Waals surface area contributed by atoms with E-state index in [1.807, 2.05) is 0 Å². The fourth-order valence-electron chi connectivity index (χ4n) is 2.41. The molecule has 30 heavy (non-hydrogen) atoms. The zero-order valence-electron chi connectivity index (χ0n) is 15.4. The van der Waals surface area contributed by atoms with Gasteiger partial charge in [-0.05, 0) is 48.5 Å². The third-order valence-corrected chi connectivity index (χ3v) is 3.86. The average molecular weight is 410 g/mol. The highest BCUT2D eigenvalue weighted by molar-refractivity contribution is 5.89. The number of aromatic nitrogens is 2. The Labute approximate surface area is 169 Å². The summed E-state index contributed by atoms with van der Waals surface area (Å²) in [6, 6.07) is 11.3. The third kappa shape index (κ3) is 4.47. The Hall–Kier alpha value is -4.54. The Kier molecular flexibility index (Phi) is 5.82. The number of carbonyl (C=O) groups is 2. The minimum Gasteiger partial charge on any atom is -0.478 e. The van der Waals surface area contributed by atoms with Crippen LogP contribution in [0.25, 0.3) is 0 Å². The Bertz CT molecular complexity index is 1100. The maximum absolute atomic E-state index is 11.6. The van der Waals surface area contributed by atoms with Gasteiger partial charge in [0.1, 0.15) is 12.1 Å². The molecule has 11 heteroatoms. The molecule has 0 spiro atoms. The summed E-state index contributed by atoms with van der Waals surface area (Å²) in [5, 5.41) is 23.3. The topological polar surface area (TPSA) is 154 Å². The fraction of sp³-hybridized carbons (Fsp3) is 0.0526. The van der Waals surface area contributed by atoms with Crippen molar-refractivity contribution in [2.75, 3.05) is 12.4 Å². The number of methoxy groups -OCH3 is 1. The summed E-state index contributed by atoms with van der Waals surface area (Å²) in [5.41, 5.74) is 0.221. The van der Waals surface area contributed by atoms with Crippen molar-refractivity contribution in [1.82, 2.24) is 9.97 Å². The summed E-state index contributed by atoms with van der Waals surface area (Å²) in [7, 11) is 1.25. The third-order valence-electron chi connectivity index (χ3n) is 3.86. The van der Waals surface area contributed by atoms with Crippen LogP contribution in [0.2, 0.25) is 0 Å². The number of ether oxygens (including phenoxy) is 2. The molecule has 2 aromatic carbocycles. The van der Waals surface area contributed by atoms with Crippen molar-refractivity contribution in [2.24, 2.45) is 0 Å². The van der Waals surface area contributed by atoms with Gasteiger partial charge in [-0.15, -0.1) is 0 Å². The Morgan fingerprint density at radius 1 is 1.03 bits per heavy atom. The van der Waals surface area contributed by atoms with Crippen molar-refractivity contribution in [1.29, 1.82) is 0 Å². The van der Waals surface area contributed by atoms with Crippen LogP contribution in [-0.2, 0) is 4.74 Å². The van der Waals surface area contributed by atoms with Gasteiger partial charge in [-0.3, -0.25) is 10.1 Å². The number of aromatic carboxylic acids is 1. The molecule has 0 bridgehead atoms. The highest BCUT2D eigenvalue weighted by Gasteiger charge is 2.25. The first-order valence-electron chi connectivity index (χ1n) is 8.35. The van der Waals surface area contributed by atoms with E-state index in [2.05, 4.69) is 20.0 Å². The van der Waals surface area contributed by atoms with Gasteiger partial charge in [0.15, 0.2) is 0 Å². The van der Waals surface area contributed by atoms with Crippen molar-refractivity contribution < 1.29 is 29.1 Å². The van der Waals surface area contributed by atoms with Crippen LogP contribution in [0.1, 0.15) is 20.7 Å². The van der Waals surface area contributed by atoms with E-state index in [-0.39, 0.29) is 28.6 Å². The van der Waals surface area contributed by atoms with Crippen LogP contribution in [0.15, 0.2) is 54.9 Å². The number of carbonyl (C=O) groups excluding carboxylic acids is 1. The number of carboxylic acid groups (broad SMARTS) is 1. The minimum atomic E-state index is -1.09. The van der Waals surface area contributed by atoms with E-state index in [4.69, 9.17) is 9.84 Å². The number of hydrogen-bond acceptors (Lipinski definition) is 9. The van der Waals surface area contributed by atoms with Gasteiger partial charge in [-0.1, -0.05) is 0 Å². The normalized spacial score (nSPS) is 10.2. The second-order valence-corrected chi connectivity index (χ2v) is 5.76. The number of nitro groups is 1. The zero-order chi connectivity index (χ0) is 21.7. The number of hydrogen-bond donors (Lipinski definition) is 2. The van der Waals surface area contributed by atoms with E-state index >= 15 is 0 Å². The molecule has 0 fully saturated rings. The van der Waals surface area contributed by atoms with Crippen LogP contribution in [0.4, 0.5) is 17.2 Å². The summed E-state index contributed by atoms with van der Waals surface area (Å²) in [6.07, 6.45) is 1.08. The van der Waals surface area contributed by atoms with E-state index in [1.165, 1.54) is 55.6 Å². The predicted octanol–water partition coefficient (Wildman–Crippen LogP) is 3.41. The largest absolute Gasteiger partial charge is 0.478 e. The Balaban J connectivity index is 1.88. The summed E-state index contributed by atoms with van der Waals surface area (Å²) in [4.78, 5) is 41.0. The van der Waals surface area contributed by atoms with Gasteiger partial charge in [-0.2, -0.15) is 4.98 Å². The van der Waals surface area contributed by atoms with Gasteiger partial charge in [-0.25, -0.2) is 14.6 Å². The van der Waals surface area contributed by atoms with Gasteiger partial charge >= 0.3 is 23.5 Å². The molecule has 152 valence electrons. The number of nitrogens with one attached hydrogen (secondary N) is 1. The smallest absolute Gasteiger partial charge is 0.373 e. The molecule has 0 aliphatic rings. The molecule has 0 saturated heterocycles. The first-order chi connectivity index (χ1) is 14.4. The van der Waals surface area contributed by atoms with Crippen molar-refractivity contribution in [2.45, 2.75) is 0 Å². The van der Waals surface area contributed by atoms with Crippen LogP contribution in [0, 0.1) is 10.1 Å². The molecule has 0 unspecified atom stereocenters. The maximum atomic E-state index is 11.6. The average Bonchev–Trinajstić information content (AvgIpc) is 2.74. The molecule has 2 N–H and O–H groups in total. The number of nitrogens with zero attached hydrogens (tertiary/aromatic N) is 3. The van der Waals surface area contributed by atoms with Crippen molar-refractivity contribution in [3.63, 3.8) is 0 Å². The molecular formula is C19H14N4O7. The van der Waals surface area contributed by atoms with Crippen molar-refractivity contribution in [3.8, 4) is 11.6 Å². The predicted molar refractivity (Wildman–Crippen MR) is 103 cm³/mol. The molecule has 3 rings (SSSR count). The van der Waals surface area contributed by atoms with E-state index in [0.717, 1.165) is 6.33 Å². The van der Waals surface area contributed by atoms with Gasteiger partial charge in [0.2, 0.25) is 5.82 Å². The van der Waals surface area contributed by atoms with Crippen molar-refractivity contribution >= 4 is 29.1 Å². The standard InChI is InChI=1S/C19H14N4O7/c1-29-19(26)12-4-8-14(9-5-12)30-17-15(23(27)28)16(20-10-21-17)22-13-6-2-11(3-7-13)18(24)25/h2-10H,1H3,(H,24,25)(H,20,21,22). The molecule has 0 amide bonds. The summed E-state index contributed by atoms with van der Waals surface area (Å²) in [5.74, 6) is -1.87. The number of carboxylic acids is 1. The lowest BCUT2D eigenvalue weighted by molar-refractivity contribution is -0.385.